The molecule has 0 unspecified atom stereocenters. The fraction of sp³-hybridized carbons (Fsp3) is 0.667. The van der Waals surface area contributed by atoms with Gasteiger partial charge >= 0.3 is 0 Å². The van der Waals surface area contributed by atoms with Crippen LogP contribution in [0.1, 0.15) is 37.9 Å². The summed E-state index contributed by atoms with van der Waals surface area (Å²) in [7, 11) is 2.13. The third-order valence-corrected chi connectivity index (χ3v) is 4.12. The van der Waals surface area contributed by atoms with E-state index in [2.05, 4.69) is 27.2 Å². The fourth-order valence-corrected chi connectivity index (χ4v) is 2.86. The smallest absolute Gasteiger partial charge is 0.252 e. The summed E-state index contributed by atoms with van der Waals surface area (Å²) >= 11 is 0. The highest BCUT2D eigenvalue weighted by Gasteiger charge is 2.19. The molecule has 1 amide bonds. The molecule has 1 aliphatic rings. The van der Waals surface area contributed by atoms with E-state index in [9.17, 15) is 9.59 Å². The molecular weight excluding hydrogens is 282 g/mol. The number of amides is 1. The van der Waals surface area contributed by atoms with Gasteiger partial charge in [-0.1, -0.05) is 6.42 Å². The zero-order valence-electron chi connectivity index (χ0n) is 13.1. The Morgan fingerprint density at radius 3 is 3.09 bits per heavy atom. The van der Waals surface area contributed by atoms with Gasteiger partial charge in [-0.25, -0.2) is 4.98 Å². The lowest BCUT2D eigenvalue weighted by Gasteiger charge is -2.32. The number of carbonyl (C=O) groups is 1. The molecule has 0 radical (unpaired) electrons. The average Bonchev–Trinajstić information content (AvgIpc) is 2.45. The normalized spacial score (nSPS) is 19.0. The van der Waals surface area contributed by atoms with Crippen molar-refractivity contribution >= 4 is 11.7 Å². The van der Waals surface area contributed by atoms with Gasteiger partial charge in [-0.15, -0.1) is 0 Å². The first kappa shape index (κ1) is 16.5. The van der Waals surface area contributed by atoms with E-state index in [1.807, 2.05) is 0 Å². The minimum atomic E-state index is -0.269. The molecule has 0 saturated carbocycles. The Hall–Kier alpha value is -1.89. The summed E-state index contributed by atoms with van der Waals surface area (Å²) in [5, 5.41) is 2.86. The van der Waals surface area contributed by atoms with Crippen LogP contribution in [0, 0.1) is 0 Å². The van der Waals surface area contributed by atoms with Crippen LogP contribution in [0.3, 0.4) is 0 Å². The van der Waals surface area contributed by atoms with E-state index in [4.69, 9.17) is 5.73 Å². The highest BCUT2D eigenvalue weighted by atomic mass is 16.1. The predicted octanol–water partition coefficient (Wildman–Crippen LogP) is 0.275. The lowest BCUT2D eigenvalue weighted by molar-refractivity contribution is -0.121. The first-order chi connectivity index (χ1) is 10.5. The van der Waals surface area contributed by atoms with Gasteiger partial charge in [0.25, 0.3) is 5.56 Å². The predicted molar refractivity (Wildman–Crippen MR) is 85.5 cm³/mol. The minimum absolute atomic E-state index is 0.0465. The molecule has 2 heterocycles. The van der Waals surface area contributed by atoms with E-state index in [0.29, 0.717) is 31.3 Å². The number of nitrogen functional groups attached to an aromatic ring is 1. The summed E-state index contributed by atoms with van der Waals surface area (Å²) in [6.45, 7) is 1.58. The van der Waals surface area contributed by atoms with E-state index >= 15 is 0 Å². The van der Waals surface area contributed by atoms with Crippen LogP contribution in [0.15, 0.2) is 10.9 Å². The lowest BCUT2D eigenvalue weighted by atomic mass is 9.98. The fourth-order valence-electron chi connectivity index (χ4n) is 2.86. The number of nitrogens with zero attached hydrogens (tertiary/aromatic N) is 2. The maximum Gasteiger partial charge on any atom is 0.252 e. The molecule has 0 bridgehead atoms. The van der Waals surface area contributed by atoms with Crippen molar-refractivity contribution in [2.45, 2.75) is 44.6 Å². The molecule has 0 spiro atoms. The van der Waals surface area contributed by atoms with Gasteiger partial charge in [0.05, 0.1) is 0 Å². The van der Waals surface area contributed by atoms with Crippen LogP contribution in [0.25, 0.3) is 0 Å². The topological polar surface area (TPSA) is 104 Å². The monoisotopic (exact) mass is 307 g/mol. The van der Waals surface area contributed by atoms with Crippen molar-refractivity contribution in [3.05, 3.63) is 22.2 Å². The number of hydrogen-bond acceptors (Lipinski definition) is 5. The first-order valence-electron chi connectivity index (χ1n) is 7.87. The zero-order valence-corrected chi connectivity index (χ0v) is 13.1. The van der Waals surface area contributed by atoms with Gasteiger partial charge < -0.3 is 20.9 Å². The van der Waals surface area contributed by atoms with Gasteiger partial charge in [-0.3, -0.25) is 9.59 Å². The summed E-state index contributed by atoms with van der Waals surface area (Å²) in [5.41, 5.74) is 5.24. The first-order valence-corrected chi connectivity index (χ1v) is 7.87. The van der Waals surface area contributed by atoms with Gasteiger partial charge in [0.1, 0.15) is 11.6 Å². The standard InChI is InChI=1S/C15H25N5O2/c1-20-9-3-2-4-11(20)5-6-14(21)17-8-7-13-18-12(16)10-15(22)19-13/h10-11H,2-9H2,1H3,(H,17,21)(H3,16,18,19,22)/t11-/m0/s1. The molecular formula is C15H25N5O2. The molecule has 7 nitrogen and oxygen atoms in total. The molecule has 1 aromatic rings. The van der Waals surface area contributed by atoms with Gasteiger partial charge in [-0.2, -0.15) is 0 Å². The third kappa shape index (κ3) is 5.14. The molecule has 22 heavy (non-hydrogen) atoms. The van der Waals surface area contributed by atoms with Crippen molar-refractivity contribution in [3.63, 3.8) is 0 Å². The Kier molecular flexibility index (Phi) is 5.94. The number of rotatable bonds is 6. The number of hydrogen-bond donors (Lipinski definition) is 3. The van der Waals surface area contributed by atoms with Crippen LogP contribution in [-0.4, -0.2) is 47.0 Å². The van der Waals surface area contributed by atoms with E-state index < -0.39 is 0 Å². The van der Waals surface area contributed by atoms with Crippen molar-refractivity contribution in [1.82, 2.24) is 20.2 Å². The summed E-state index contributed by atoms with van der Waals surface area (Å²) in [4.78, 5) is 32.1. The summed E-state index contributed by atoms with van der Waals surface area (Å²) in [5.74, 6) is 0.743. The Labute approximate surface area is 130 Å². The molecule has 1 fully saturated rings. The molecule has 122 valence electrons. The number of aromatic amines is 1. The van der Waals surface area contributed by atoms with Crippen LogP contribution in [0.5, 0.6) is 0 Å². The van der Waals surface area contributed by atoms with Gasteiger partial charge in [-0.05, 0) is 32.9 Å². The zero-order chi connectivity index (χ0) is 15.9. The number of anilines is 1. The van der Waals surface area contributed by atoms with Crippen molar-refractivity contribution in [1.29, 1.82) is 0 Å². The van der Waals surface area contributed by atoms with E-state index in [1.165, 1.54) is 25.3 Å². The van der Waals surface area contributed by atoms with Gasteiger partial charge in [0.15, 0.2) is 0 Å². The highest BCUT2D eigenvalue weighted by Crippen LogP contribution is 2.18. The number of piperidine rings is 1. The van der Waals surface area contributed by atoms with Crippen LogP contribution in [0.2, 0.25) is 0 Å². The van der Waals surface area contributed by atoms with Crippen molar-refractivity contribution < 1.29 is 4.79 Å². The largest absolute Gasteiger partial charge is 0.383 e. The third-order valence-electron chi connectivity index (χ3n) is 4.12. The number of nitrogens with one attached hydrogen (secondary N) is 2. The van der Waals surface area contributed by atoms with Crippen LogP contribution < -0.4 is 16.6 Å². The minimum Gasteiger partial charge on any atom is -0.383 e. The molecule has 1 atom stereocenters. The lowest BCUT2D eigenvalue weighted by Crippen LogP contribution is -2.37. The Balaban J connectivity index is 1.68. The molecule has 1 aliphatic heterocycles. The van der Waals surface area contributed by atoms with Gasteiger partial charge in [0.2, 0.25) is 5.91 Å². The maximum absolute atomic E-state index is 11.9. The summed E-state index contributed by atoms with van der Waals surface area (Å²) < 4.78 is 0. The van der Waals surface area contributed by atoms with Gasteiger partial charge in [0, 0.05) is 31.5 Å². The highest BCUT2D eigenvalue weighted by molar-refractivity contribution is 5.75. The number of H-pyrrole nitrogens is 1. The SMILES string of the molecule is CN1CCCC[C@H]1CCC(=O)NCCc1nc(N)cc(=O)[nH]1. The summed E-state index contributed by atoms with van der Waals surface area (Å²) in [6, 6.07) is 1.76. The molecule has 0 aromatic carbocycles. The Morgan fingerprint density at radius 1 is 1.55 bits per heavy atom. The van der Waals surface area contributed by atoms with E-state index in [1.54, 1.807) is 0 Å². The Bertz CT molecular complexity index is 557. The van der Waals surface area contributed by atoms with Crippen LogP contribution >= 0.6 is 0 Å². The van der Waals surface area contributed by atoms with Crippen molar-refractivity contribution in [3.8, 4) is 0 Å². The van der Waals surface area contributed by atoms with E-state index in [0.717, 1.165) is 13.0 Å². The van der Waals surface area contributed by atoms with Crippen molar-refractivity contribution in [2.24, 2.45) is 0 Å². The number of aromatic nitrogens is 2. The molecule has 0 aliphatic carbocycles. The van der Waals surface area contributed by atoms with Crippen LogP contribution in [0.4, 0.5) is 5.82 Å². The second-order valence-electron chi connectivity index (χ2n) is 5.89. The average molecular weight is 307 g/mol. The van der Waals surface area contributed by atoms with E-state index in [-0.39, 0.29) is 17.3 Å². The molecule has 7 heteroatoms. The number of carbonyl (C=O) groups excluding carboxylic acids is 1. The van der Waals surface area contributed by atoms with Crippen LogP contribution in [-0.2, 0) is 11.2 Å². The molecule has 2 rings (SSSR count). The Morgan fingerprint density at radius 2 is 2.36 bits per heavy atom. The second-order valence-corrected chi connectivity index (χ2v) is 5.89. The number of nitrogens with two attached hydrogens (primary N) is 1. The summed E-state index contributed by atoms with van der Waals surface area (Å²) in [6.07, 6.45) is 5.59. The second kappa shape index (κ2) is 7.93. The number of likely N-dealkylation sites (tertiary alicyclic amines) is 1. The molecule has 4 N–H and O–H groups in total. The maximum atomic E-state index is 11.9. The van der Waals surface area contributed by atoms with Crippen molar-refractivity contribution in [2.75, 3.05) is 25.9 Å². The quantitative estimate of drug-likeness (QED) is 0.700. The molecule has 1 aromatic heterocycles. The molecule has 1 saturated heterocycles.